The molecule has 2 atom stereocenters. The van der Waals surface area contributed by atoms with Crippen molar-refractivity contribution in [2.75, 3.05) is 18.1 Å². The number of hydrogen-bond donors (Lipinski definition) is 1. The van der Waals surface area contributed by atoms with Crippen LogP contribution in [0.3, 0.4) is 0 Å². The Morgan fingerprint density at radius 3 is 2.91 bits per heavy atom. The van der Waals surface area contributed by atoms with Crippen LogP contribution in [0.15, 0.2) is 24.3 Å². The number of amides is 2. The summed E-state index contributed by atoms with van der Waals surface area (Å²) in [5.41, 5.74) is 1.21. The van der Waals surface area contributed by atoms with Gasteiger partial charge in [0.15, 0.2) is 0 Å². The van der Waals surface area contributed by atoms with E-state index in [0.717, 1.165) is 25.0 Å². The smallest absolute Gasteiger partial charge is 0.313 e. The number of nitrogens with one attached hydrogen (secondary N) is 1. The normalized spacial score (nSPS) is 19.9. The fourth-order valence-electron chi connectivity index (χ4n) is 2.85. The van der Waals surface area contributed by atoms with Crippen molar-refractivity contribution in [1.29, 1.82) is 0 Å². The minimum Gasteiger partial charge on any atom is -0.334 e. The molecule has 0 heterocycles. The van der Waals surface area contributed by atoms with Crippen LogP contribution in [0.2, 0.25) is 0 Å². The molecule has 2 amide bonds. The predicted molar refractivity (Wildman–Crippen MR) is 95.3 cm³/mol. The molecule has 0 spiro atoms. The Morgan fingerprint density at radius 1 is 1.43 bits per heavy atom. The zero-order chi connectivity index (χ0) is 16.8. The van der Waals surface area contributed by atoms with E-state index in [-0.39, 0.29) is 6.04 Å². The van der Waals surface area contributed by atoms with Gasteiger partial charge in [-0.25, -0.2) is 0 Å². The molecule has 122 valence electrons. The van der Waals surface area contributed by atoms with Crippen LogP contribution in [-0.4, -0.2) is 40.8 Å². The van der Waals surface area contributed by atoms with Crippen molar-refractivity contribution < 1.29 is 9.59 Å². The average molecular weight is 330 g/mol. The van der Waals surface area contributed by atoms with Crippen molar-refractivity contribution in [2.45, 2.75) is 37.5 Å². The molecule has 4 nitrogen and oxygen atoms in total. The molecule has 1 fully saturated rings. The van der Waals surface area contributed by atoms with E-state index in [2.05, 4.69) is 18.2 Å². The molecule has 1 aliphatic carbocycles. The molecule has 0 saturated heterocycles. The molecule has 0 bridgehead atoms. The van der Waals surface area contributed by atoms with Crippen molar-refractivity contribution in [1.82, 2.24) is 4.90 Å². The highest BCUT2D eigenvalue weighted by Crippen LogP contribution is 2.32. The van der Waals surface area contributed by atoms with E-state index in [0.29, 0.717) is 16.5 Å². The Kier molecular flexibility index (Phi) is 6.12. The van der Waals surface area contributed by atoms with E-state index in [1.54, 1.807) is 36.2 Å². The van der Waals surface area contributed by atoms with Gasteiger partial charge >= 0.3 is 11.8 Å². The highest BCUT2D eigenvalue weighted by atomic mass is 32.2. The third-order valence-corrected chi connectivity index (χ3v) is 5.34. The zero-order valence-corrected chi connectivity index (χ0v) is 14.4. The topological polar surface area (TPSA) is 49.4 Å². The summed E-state index contributed by atoms with van der Waals surface area (Å²) < 4.78 is 0. The van der Waals surface area contributed by atoms with Gasteiger partial charge in [-0.3, -0.25) is 9.59 Å². The number of terminal acetylenes is 1. The summed E-state index contributed by atoms with van der Waals surface area (Å²) >= 11 is 1.93. The number of rotatable bonds is 4. The van der Waals surface area contributed by atoms with Gasteiger partial charge in [-0.05, 0) is 43.2 Å². The first-order valence-electron chi connectivity index (χ1n) is 7.81. The molecule has 1 aromatic carbocycles. The second-order valence-corrected chi connectivity index (χ2v) is 7.22. The molecule has 0 aliphatic heterocycles. The minimum absolute atomic E-state index is 0.148. The summed E-state index contributed by atoms with van der Waals surface area (Å²) in [6.07, 6.45) is 8.36. The van der Waals surface area contributed by atoms with Crippen LogP contribution >= 0.6 is 11.8 Å². The average Bonchev–Trinajstić information content (AvgIpc) is 3.02. The van der Waals surface area contributed by atoms with Crippen LogP contribution in [0.1, 0.15) is 31.7 Å². The number of hydrogen-bond acceptors (Lipinski definition) is 3. The van der Waals surface area contributed by atoms with Crippen molar-refractivity contribution >= 4 is 29.3 Å². The van der Waals surface area contributed by atoms with Crippen LogP contribution in [0, 0.1) is 12.3 Å². The van der Waals surface area contributed by atoms with Gasteiger partial charge in [0.05, 0.1) is 0 Å². The fourth-order valence-corrected chi connectivity index (χ4v) is 3.99. The van der Waals surface area contributed by atoms with Crippen molar-refractivity contribution in [3.8, 4) is 12.3 Å². The van der Waals surface area contributed by atoms with Gasteiger partial charge in [0.1, 0.15) is 0 Å². The van der Waals surface area contributed by atoms with Gasteiger partial charge in [-0.1, -0.05) is 18.9 Å². The van der Waals surface area contributed by atoms with Gasteiger partial charge in [-0.2, -0.15) is 11.8 Å². The molecule has 0 aromatic heterocycles. The summed E-state index contributed by atoms with van der Waals surface area (Å²) in [7, 11) is 1.71. The van der Waals surface area contributed by atoms with E-state index in [1.807, 2.05) is 11.8 Å². The Morgan fingerprint density at radius 2 is 2.22 bits per heavy atom. The Labute approximate surface area is 142 Å². The van der Waals surface area contributed by atoms with E-state index >= 15 is 0 Å². The second kappa shape index (κ2) is 8.07. The first-order chi connectivity index (χ1) is 11.0. The van der Waals surface area contributed by atoms with E-state index in [9.17, 15) is 9.59 Å². The van der Waals surface area contributed by atoms with E-state index in [1.165, 1.54) is 0 Å². The van der Waals surface area contributed by atoms with Crippen LogP contribution in [-0.2, 0) is 9.59 Å². The summed E-state index contributed by atoms with van der Waals surface area (Å²) in [4.78, 5) is 26.1. The van der Waals surface area contributed by atoms with Crippen molar-refractivity contribution in [3.63, 3.8) is 0 Å². The van der Waals surface area contributed by atoms with Crippen LogP contribution in [0.25, 0.3) is 0 Å². The van der Waals surface area contributed by atoms with Crippen LogP contribution in [0.5, 0.6) is 0 Å². The number of thioether (sulfide) groups is 1. The molecule has 5 heteroatoms. The number of anilines is 1. The van der Waals surface area contributed by atoms with Crippen molar-refractivity contribution in [3.05, 3.63) is 29.8 Å². The number of benzene rings is 1. The maximum Gasteiger partial charge on any atom is 0.313 e. The number of carbonyl (C=O) groups is 2. The molecule has 1 aliphatic rings. The first kappa shape index (κ1) is 17.4. The third-order valence-electron chi connectivity index (χ3n) is 4.11. The monoisotopic (exact) mass is 330 g/mol. The Bertz CT molecular complexity index is 624. The lowest BCUT2D eigenvalue weighted by Crippen LogP contribution is -2.42. The van der Waals surface area contributed by atoms with Gasteiger partial charge in [0.25, 0.3) is 0 Å². The quantitative estimate of drug-likeness (QED) is 0.682. The molecule has 1 N–H and O–H groups in total. The number of carbonyl (C=O) groups excluding carboxylic acids is 2. The second-order valence-electron chi connectivity index (χ2n) is 5.64. The van der Waals surface area contributed by atoms with Crippen LogP contribution < -0.4 is 5.32 Å². The highest BCUT2D eigenvalue weighted by molar-refractivity contribution is 7.99. The number of nitrogens with zero attached hydrogens (tertiary/aromatic N) is 1. The maximum absolute atomic E-state index is 12.3. The summed E-state index contributed by atoms with van der Waals surface area (Å²) in [6.45, 7) is 2.14. The van der Waals surface area contributed by atoms with Crippen LogP contribution in [0.4, 0.5) is 5.69 Å². The standard InChI is InChI=1S/C18H22N2O2S/c1-4-13-7-6-8-14(11-13)19-17(21)18(22)20(3)15-9-10-16(12-15)23-5-2/h1,6-8,11,15-16H,5,9-10,12H2,2-3H3,(H,19,21)/t15-,16+/m1/s1. The molecular weight excluding hydrogens is 308 g/mol. The third kappa shape index (κ3) is 4.52. The lowest BCUT2D eigenvalue weighted by atomic mass is 10.2. The molecule has 0 radical (unpaired) electrons. The molecule has 0 unspecified atom stereocenters. The van der Waals surface area contributed by atoms with Gasteiger partial charge in [-0.15, -0.1) is 6.42 Å². The predicted octanol–water partition coefficient (Wildman–Crippen LogP) is 2.74. The van der Waals surface area contributed by atoms with Gasteiger partial charge in [0.2, 0.25) is 0 Å². The lowest BCUT2D eigenvalue weighted by molar-refractivity contribution is -0.143. The fraction of sp³-hybridized carbons (Fsp3) is 0.444. The summed E-state index contributed by atoms with van der Waals surface area (Å²) in [5, 5.41) is 3.22. The first-order valence-corrected chi connectivity index (χ1v) is 8.86. The molecule has 1 saturated carbocycles. The summed E-state index contributed by atoms with van der Waals surface area (Å²) in [6, 6.07) is 7.06. The molecular formula is C18H22N2O2S. The van der Waals surface area contributed by atoms with E-state index in [4.69, 9.17) is 6.42 Å². The largest absolute Gasteiger partial charge is 0.334 e. The molecule has 23 heavy (non-hydrogen) atoms. The van der Waals surface area contributed by atoms with Crippen molar-refractivity contribution in [2.24, 2.45) is 0 Å². The van der Waals surface area contributed by atoms with Gasteiger partial charge in [0, 0.05) is 29.6 Å². The highest BCUT2D eigenvalue weighted by Gasteiger charge is 2.32. The SMILES string of the molecule is C#Cc1cccc(NC(=O)C(=O)N(C)[C@@H]2CC[C@H](SCC)C2)c1. The van der Waals surface area contributed by atoms with Gasteiger partial charge < -0.3 is 10.2 Å². The zero-order valence-electron chi connectivity index (χ0n) is 13.5. The Hall–Kier alpha value is -1.93. The number of likely N-dealkylation sites (N-methyl/N-ethyl adjacent to an activating group) is 1. The summed E-state index contributed by atoms with van der Waals surface area (Å²) in [5.74, 6) is 2.48. The maximum atomic E-state index is 12.3. The van der Waals surface area contributed by atoms with E-state index < -0.39 is 11.8 Å². The Balaban J connectivity index is 1.94. The lowest BCUT2D eigenvalue weighted by Gasteiger charge is -2.24. The molecule has 2 rings (SSSR count). The minimum atomic E-state index is -0.617. The molecule has 1 aromatic rings.